The van der Waals surface area contributed by atoms with Crippen LogP contribution in [0.25, 0.3) is 0 Å². The monoisotopic (exact) mass is 648 g/mol. The molecule has 7 fully saturated rings. The summed E-state index contributed by atoms with van der Waals surface area (Å²) in [6, 6.07) is 10.4. The maximum absolute atomic E-state index is 12.2. The Kier molecular flexibility index (Phi) is 8.86. The molecule has 4 unspecified atom stereocenters. The molecule has 2 bridgehead atoms. The van der Waals surface area contributed by atoms with Crippen LogP contribution in [0, 0.1) is 23.7 Å². The molecule has 9 rings (SSSR count). The number of phenols is 2. The summed E-state index contributed by atoms with van der Waals surface area (Å²) in [5, 5.41) is 24.5. The van der Waals surface area contributed by atoms with E-state index in [2.05, 4.69) is 24.3 Å². The number of aromatic hydroxyl groups is 2. The van der Waals surface area contributed by atoms with E-state index in [1.807, 2.05) is 0 Å². The molecule has 0 heterocycles. The minimum absolute atomic E-state index is 0.0112. The zero-order chi connectivity index (χ0) is 32.2. The van der Waals surface area contributed by atoms with Crippen molar-refractivity contribution in [1.29, 1.82) is 0 Å². The van der Waals surface area contributed by atoms with Crippen LogP contribution in [-0.2, 0) is 5.41 Å². The lowest BCUT2D eigenvalue weighted by Gasteiger charge is -2.46. The van der Waals surface area contributed by atoms with Crippen molar-refractivity contribution in [2.75, 3.05) is 0 Å². The highest BCUT2D eigenvalue weighted by molar-refractivity contribution is 5.57. The van der Waals surface area contributed by atoms with Gasteiger partial charge in [0.15, 0.2) is 0 Å². The van der Waals surface area contributed by atoms with Crippen molar-refractivity contribution >= 4 is 0 Å². The van der Waals surface area contributed by atoms with E-state index >= 15 is 0 Å². The molecule has 0 spiro atoms. The highest BCUT2D eigenvalue weighted by Crippen LogP contribution is 2.69. The van der Waals surface area contributed by atoms with Crippen molar-refractivity contribution in [3.05, 3.63) is 57.6 Å². The van der Waals surface area contributed by atoms with E-state index in [0.29, 0.717) is 41.1 Å². The zero-order valence-corrected chi connectivity index (χ0v) is 30.0. The first-order valence-corrected chi connectivity index (χ1v) is 21.4. The minimum Gasteiger partial charge on any atom is -0.507 e. The molecule has 260 valence electrons. The molecular formula is C46H64O2. The Morgan fingerprint density at radius 2 is 0.771 bits per heavy atom. The first-order valence-electron chi connectivity index (χ1n) is 21.4. The van der Waals surface area contributed by atoms with E-state index in [4.69, 9.17) is 0 Å². The molecule has 0 radical (unpaired) electrons. The summed E-state index contributed by atoms with van der Waals surface area (Å²) in [5.74, 6) is 6.70. The van der Waals surface area contributed by atoms with Crippen LogP contribution < -0.4 is 0 Å². The fraction of sp³-hybridized carbons (Fsp3) is 0.739. The Balaban J connectivity index is 1.26. The van der Waals surface area contributed by atoms with Crippen molar-refractivity contribution in [2.24, 2.45) is 23.7 Å². The first-order chi connectivity index (χ1) is 23.6. The molecule has 2 aromatic rings. The van der Waals surface area contributed by atoms with Gasteiger partial charge >= 0.3 is 0 Å². The number of benzene rings is 2. The standard InChI is InChI=1S/C46H64O2/c47-44-39(30-14-5-1-6-15-30)25-35(26-40(44)31-16-7-2-8-17-31)46(29-34-24-43(46)38-23-13-22-37(34)38)36-27-41(32-18-9-3-10-19-32)45(48)42(28-36)33-20-11-4-12-21-33/h25-28,30-34,37-38,43,47-48H,1-24,29H2. The highest BCUT2D eigenvalue weighted by atomic mass is 16.3. The Morgan fingerprint density at radius 3 is 1.15 bits per heavy atom. The fourth-order valence-corrected chi connectivity index (χ4v) is 13.7. The Morgan fingerprint density at radius 1 is 0.417 bits per heavy atom. The normalized spacial score (nSPS) is 31.8. The second kappa shape index (κ2) is 13.3. The van der Waals surface area contributed by atoms with E-state index in [9.17, 15) is 10.2 Å². The van der Waals surface area contributed by atoms with E-state index in [1.165, 1.54) is 183 Å². The van der Waals surface area contributed by atoms with Crippen molar-refractivity contribution in [3.63, 3.8) is 0 Å². The number of hydrogen-bond acceptors (Lipinski definition) is 2. The SMILES string of the molecule is Oc1c(C2CCCCC2)cc(C2(c3cc(C4CCCCC4)c(O)c(C4CCCCC4)c3)CC3CC2C2CCCC32)cc1C1CCCCC1. The number of rotatable bonds is 6. The van der Waals surface area contributed by atoms with E-state index in [1.54, 1.807) is 11.1 Å². The van der Waals surface area contributed by atoms with Gasteiger partial charge in [0.2, 0.25) is 0 Å². The lowest BCUT2D eigenvalue weighted by molar-refractivity contribution is 0.180. The Hall–Kier alpha value is -1.96. The third-order valence-corrected chi connectivity index (χ3v) is 16.1. The second-order valence-corrected chi connectivity index (χ2v) is 18.4. The van der Waals surface area contributed by atoms with Gasteiger partial charge in [0.25, 0.3) is 0 Å². The molecule has 48 heavy (non-hydrogen) atoms. The summed E-state index contributed by atoms with van der Waals surface area (Å²) in [7, 11) is 0. The Bertz CT molecular complexity index is 1280. The molecule has 0 aliphatic heterocycles. The fourth-order valence-electron chi connectivity index (χ4n) is 13.7. The molecule has 4 atom stereocenters. The van der Waals surface area contributed by atoms with Crippen LogP contribution >= 0.6 is 0 Å². The quantitative estimate of drug-likeness (QED) is 0.327. The molecule has 2 N–H and O–H groups in total. The van der Waals surface area contributed by atoms with Gasteiger partial charge in [-0.15, -0.1) is 0 Å². The molecular weight excluding hydrogens is 585 g/mol. The van der Waals surface area contributed by atoms with Crippen LogP contribution in [-0.4, -0.2) is 10.2 Å². The van der Waals surface area contributed by atoms with Gasteiger partial charge < -0.3 is 10.2 Å². The van der Waals surface area contributed by atoms with Crippen molar-refractivity contribution < 1.29 is 10.2 Å². The summed E-state index contributed by atoms with van der Waals surface area (Å²) in [4.78, 5) is 0. The van der Waals surface area contributed by atoms with Gasteiger partial charge in [-0.05, 0) is 158 Å². The maximum Gasteiger partial charge on any atom is 0.122 e. The molecule has 0 saturated heterocycles. The number of hydrogen-bond donors (Lipinski definition) is 2. The molecule has 2 aromatic carbocycles. The summed E-state index contributed by atoms with van der Waals surface area (Å²) >= 11 is 0. The summed E-state index contributed by atoms with van der Waals surface area (Å²) < 4.78 is 0. The third-order valence-electron chi connectivity index (χ3n) is 16.1. The molecule has 2 heteroatoms. The van der Waals surface area contributed by atoms with Crippen molar-refractivity contribution in [3.8, 4) is 11.5 Å². The van der Waals surface area contributed by atoms with Crippen LogP contribution in [0.4, 0.5) is 0 Å². The Labute approximate surface area is 291 Å². The lowest BCUT2D eigenvalue weighted by Crippen LogP contribution is -2.40. The van der Waals surface area contributed by atoms with Gasteiger partial charge in [-0.1, -0.05) is 108 Å². The molecule has 2 nitrogen and oxygen atoms in total. The van der Waals surface area contributed by atoms with Crippen LogP contribution in [0.1, 0.15) is 218 Å². The minimum atomic E-state index is 0.0112. The van der Waals surface area contributed by atoms with Gasteiger partial charge in [-0.2, -0.15) is 0 Å². The smallest absolute Gasteiger partial charge is 0.122 e. The second-order valence-electron chi connectivity index (χ2n) is 18.4. The van der Waals surface area contributed by atoms with Gasteiger partial charge in [0.05, 0.1) is 0 Å². The molecule has 0 aromatic heterocycles. The van der Waals surface area contributed by atoms with E-state index < -0.39 is 0 Å². The van der Waals surface area contributed by atoms with Gasteiger partial charge in [0, 0.05) is 5.41 Å². The van der Waals surface area contributed by atoms with Crippen molar-refractivity contribution in [1.82, 2.24) is 0 Å². The topological polar surface area (TPSA) is 40.5 Å². The molecule has 0 amide bonds. The molecule has 7 aliphatic carbocycles. The zero-order valence-electron chi connectivity index (χ0n) is 30.0. The largest absolute Gasteiger partial charge is 0.507 e. The summed E-state index contributed by atoms with van der Waals surface area (Å²) in [6.45, 7) is 0. The lowest BCUT2D eigenvalue weighted by atomic mass is 9.58. The number of fused-ring (bicyclic) bond motifs is 5. The van der Waals surface area contributed by atoms with E-state index in [0.717, 1.165) is 17.8 Å². The first kappa shape index (κ1) is 32.0. The van der Waals surface area contributed by atoms with Crippen LogP contribution in [0.2, 0.25) is 0 Å². The van der Waals surface area contributed by atoms with Crippen LogP contribution in [0.5, 0.6) is 11.5 Å². The average molecular weight is 649 g/mol. The van der Waals surface area contributed by atoms with Gasteiger partial charge in [-0.3, -0.25) is 0 Å². The summed E-state index contributed by atoms with van der Waals surface area (Å²) in [6.07, 6.45) is 32.7. The van der Waals surface area contributed by atoms with Gasteiger partial charge in [-0.25, -0.2) is 0 Å². The number of phenolic OH excluding ortho intramolecular Hbond substituents is 2. The van der Waals surface area contributed by atoms with E-state index in [-0.39, 0.29) is 5.41 Å². The third kappa shape index (κ3) is 5.39. The van der Waals surface area contributed by atoms with Crippen LogP contribution in [0.15, 0.2) is 24.3 Å². The molecule has 7 saturated carbocycles. The average Bonchev–Trinajstić information content (AvgIpc) is 3.88. The van der Waals surface area contributed by atoms with Crippen LogP contribution in [0.3, 0.4) is 0 Å². The predicted octanol–water partition coefficient (Wildman–Crippen LogP) is 13.0. The predicted molar refractivity (Wildman–Crippen MR) is 197 cm³/mol. The molecule has 7 aliphatic rings. The van der Waals surface area contributed by atoms with Gasteiger partial charge in [0.1, 0.15) is 11.5 Å². The highest BCUT2D eigenvalue weighted by Gasteiger charge is 2.62. The summed E-state index contributed by atoms with van der Waals surface area (Å²) in [5.41, 5.74) is 8.43. The van der Waals surface area contributed by atoms with Crippen molar-refractivity contribution in [2.45, 2.75) is 190 Å². The maximum atomic E-state index is 12.2.